The van der Waals surface area contributed by atoms with Gasteiger partial charge in [-0.05, 0) is 43.0 Å². The maximum absolute atomic E-state index is 12.0. The Balaban J connectivity index is 1.47. The zero-order valence-corrected chi connectivity index (χ0v) is 17.3. The fourth-order valence-corrected chi connectivity index (χ4v) is 4.16. The Morgan fingerprint density at radius 2 is 1.87 bits per heavy atom. The second-order valence-corrected chi connectivity index (χ2v) is 8.07. The molecule has 0 amide bonds. The number of H-pyrrole nitrogens is 1. The highest BCUT2D eigenvalue weighted by molar-refractivity contribution is 6.34. The summed E-state index contributed by atoms with van der Waals surface area (Å²) >= 11 is 12.0. The Labute approximate surface area is 181 Å². The van der Waals surface area contributed by atoms with Gasteiger partial charge in [-0.15, -0.1) is 0 Å². The van der Waals surface area contributed by atoms with E-state index in [4.69, 9.17) is 27.9 Å². The van der Waals surface area contributed by atoms with Gasteiger partial charge < -0.3 is 14.6 Å². The van der Waals surface area contributed by atoms with Gasteiger partial charge in [0.1, 0.15) is 11.4 Å². The van der Waals surface area contributed by atoms with E-state index in [0.29, 0.717) is 52.6 Å². The van der Waals surface area contributed by atoms with E-state index in [1.807, 2.05) is 4.90 Å². The van der Waals surface area contributed by atoms with Crippen molar-refractivity contribution in [1.29, 1.82) is 0 Å². The number of aromatic nitrogens is 2. The van der Waals surface area contributed by atoms with Crippen molar-refractivity contribution in [3.8, 4) is 5.75 Å². The zero-order valence-electron chi connectivity index (χ0n) is 15.8. The lowest BCUT2D eigenvalue weighted by molar-refractivity contribution is -0.384. The number of nitro benzene ring substituents is 1. The number of fused-ring (bicyclic) bond motifs is 1. The first kappa shape index (κ1) is 20.4. The fourth-order valence-electron chi connectivity index (χ4n) is 3.66. The van der Waals surface area contributed by atoms with Crippen molar-refractivity contribution < 1.29 is 9.66 Å². The van der Waals surface area contributed by atoms with Gasteiger partial charge in [0.25, 0.3) is 11.2 Å². The number of piperidine rings is 1. The smallest absolute Gasteiger partial charge is 0.293 e. The summed E-state index contributed by atoms with van der Waals surface area (Å²) in [5, 5.41) is 12.8. The highest BCUT2D eigenvalue weighted by atomic mass is 35.5. The molecule has 1 fully saturated rings. The predicted octanol–water partition coefficient (Wildman–Crippen LogP) is 4.43. The maximum atomic E-state index is 12.0. The normalized spacial score (nSPS) is 14.8. The summed E-state index contributed by atoms with van der Waals surface area (Å²) in [4.78, 5) is 31.7. The first-order chi connectivity index (χ1) is 14.4. The Morgan fingerprint density at radius 1 is 1.17 bits per heavy atom. The molecule has 30 heavy (non-hydrogen) atoms. The van der Waals surface area contributed by atoms with Gasteiger partial charge in [0.05, 0.1) is 28.8 Å². The quantitative estimate of drug-likeness (QED) is 0.457. The number of anilines is 1. The van der Waals surface area contributed by atoms with Crippen LogP contribution in [0.1, 0.15) is 12.8 Å². The summed E-state index contributed by atoms with van der Waals surface area (Å²) < 4.78 is 5.84. The van der Waals surface area contributed by atoms with Gasteiger partial charge in [-0.1, -0.05) is 23.2 Å². The standard InChI is InChI=1S/C20H18Cl2N4O4/c21-13-5-14(22)7-15(6-13)30-10-12-1-3-25(4-2-12)18-9-17-16(8-19(18)26(28)29)20(27)24-11-23-17/h5-9,11-12H,1-4,10H2,(H,23,24,27). The number of nitrogens with zero attached hydrogens (tertiary/aromatic N) is 3. The molecule has 3 aromatic rings. The average molecular weight is 449 g/mol. The monoisotopic (exact) mass is 448 g/mol. The third-order valence-corrected chi connectivity index (χ3v) is 5.65. The van der Waals surface area contributed by atoms with Crippen molar-refractivity contribution >= 4 is 45.5 Å². The first-order valence-corrected chi connectivity index (χ1v) is 10.2. The molecular weight excluding hydrogens is 431 g/mol. The number of aromatic amines is 1. The van der Waals surface area contributed by atoms with Gasteiger partial charge >= 0.3 is 0 Å². The first-order valence-electron chi connectivity index (χ1n) is 9.40. The van der Waals surface area contributed by atoms with Gasteiger partial charge in [-0.25, -0.2) is 4.98 Å². The van der Waals surface area contributed by atoms with Gasteiger partial charge in [-0.3, -0.25) is 14.9 Å². The SMILES string of the molecule is O=c1[nH]cnc2cc(N3CCC(COc4cc(Cl)cc(Cl)c4)CC3)c([N+](=O)[O-])cc12. The average Bonchev–Trinajstić information content (AvgIpc) is 2.71. The van der Waals surface area contributed by atoms with Gasteiger partial charge in [0, 0.05) is 29.2 Å². The van der Waals surface area contributed by atoms with Gasteiger partial charge in [0.15, 0.2) is 0 Å². The Bertz CT molecular complexity index is 1140. The van der Waals surface area contributed by atoms with E-state index in [0.717, 1.165) is 12.8 Å². The molecule has 2 heterocycles. The lowest BCUT2D eigenvalue weighted by atomic mass is 9.97. The second-order valence-electron chi connectivity index (χ2n) is 7.19. The second kappa shape index (κ2) is 8.49. The molecule has 8 nitrogen and oxygen atoms in total. The highest BCUT2D eigenvalue weighted by Crippen LogP contribution is 2.34. The molecular formula is C20H18Cl2N4O4. The molecule has 0 radical (unpaired) electrons. The number of nitro groups is 1. The van der Waals surface area contributed by atoms with Crippen LogP contribution in [0.3, 0.4) is 0 Å². The minimum Gasteiger partial charge on any atom is -0.493 e. The summed E-state index contributed by atoms with van der Waals surface area (Å²) in [7, 11) is 0. The summed E-state index contributed by atoms with van der Waals surface area (Å²) in [6.45, 7) is 1.79. The molecule has 1 N–H and O–H groups in total. The largest absolute Gasteiger partial charge is 0.493 e. The van der Waals surface area contributed by atoms with Crippen LogP contribution >= 0.6 is 23.2 Å². The molecule has 10 heteroatoms. The summed E-state index contributed by atoms with van der Waals surface area (Å²) in [5.74, 6) is 0.927. The van der Waals surface area contributed by atoms with Crippen molar-refractivity contribution in [3.05, 3.63) is 67.2 Å². The molecule has 0 atom stereocenters. The minimum atomic E-state index is -0.459. The van der Waals surface area contributed by atoms with Crippen LogP contribution in [0.15, 0.2) is 41.5 Å². The van der Waals surface area contributed by atoms with Crippen molar-refractivity contribution in [2.75, 3.05) is 24.6 Å². The third-order valence-electron chi connectivity index (χ3n) is 5.21. The molecule has 0 unspecified atom stereocenters. The van der Waals surface area contributed by atoms with Crippen LogP contribution in [0.2, 0.25) is 10.0 Å². The van der Waals surface area contributed by atoms with E-state index in [-0.39, 0.29) is 11.1 Å². The van der Waals surface area contributed by atoms with Crippen LogP contribution in [0.5, 0.6) is 5.75 Å². The minimum absolute atomic E-state index is 0.0933. The molecule has 0 bridgehead atoms. The Hall–Kier alpha value is -2.84. The van der Waals surface area contributed by atoms with Crippen LogP contribution in [0.4, 0.5) is 11.4 Å². The molecule has 0 aliphatic carbocycles. The van der Waals surface area contributed by atoms with E-state index in [2.05, 4.69) is 9.97 Å². The lowest BCUT2D eigenvalue weighted by Gasteiger charge is -2.33. The van der Waals surface area contributed by atoms with Crippen LogP contribution in [-0.2, 0) is 0 Å². The molecule has 2 aromatic carbocycles. The molecule has 1 aliphatic heterocycles. The summed E-state index contributed by atoms with van der Waals surface area (Å²) in [6.07, 6.45) is 2.92. The molecule has 4 rings (SSSR count). The van der Waals surface area contributed by atoms with Crippen molar-refractivity contribution in [2.24, 2.45) is 5.92 Å². The lowest BCUT2D eigenvalue weighted by Crippen LogP contribution is -2.36. The van der Waals surface area contributed by atoms with E-state index in [1.165, 1.54) is 12.4 Å². The number of hydrogen-bond donors (Lipinski definition) is 1. The summed E-state index contributed by atoms with van der Waals surface area (Å²) in [6, 6.07) is 8.00. The number of rotatable bonds is 5. The van der Waals surface area contributed by atoms with Crippen LogP contribution in [0, 0.1) is 16.0 Å². The van der Waals surface area contributed by atoms with E-state index >= 15 is 0 Å². The Morgan fingerprint density at radius 3 is 2.53 bits per heavy atom. The van der Waals surface area contributed by atoms with E-state index in [9.17, 15) is 14.9 Å². The fraction of sp³-hybridized carbons (Fsp3) is 0.300. The maximum Gasteiger partial charge on any atom is 0.293 e. The molecule has 0 saturated carbocycles. The predicted molar refractivity (Wildman–Crippen MR) is 116 cm³/mol. The van der Waals surface area contributed by atoms with Crippen molar-refractivity contribution in [2.45, 2.75) is 12.8 Å². The zero-order chi connectivity index (χ0) is 21.3. The number of hydrogen-bond acceptors (Lipinski definition) is 6. The third kappa shape index (κ3) is 4.34. The van der Waals surface area contributed by atoms with Crippen LogP contribution in [0.25, 0.3) is 10.9 Å². The highest BCUT2D eigenvalue weighted by Gasteiger charge is 2.26. The number of benzene rings is 2. The van der Waals surface area contributed by atoms with E-state index < -0.39 is 10.5 Å². The Kier molecular flexibility index (Phi) is 5.78. The number of nitrogens with one attached hydrogen (secondary N) is 1. The summed E-state index contributed by atoms with van der Waals surface area (Å²) in [5.41, 5.74) is 0.421. The molecule has 1 saturated heterocycles. The van der Waals surface area contributed by atoms with Crippen molar-refractivity contribution in [1.82, 2.24) is 9.97 Å². The van der Waals surface area contributed by atoms with Crippen LogP contribution in [-0.4, -0.2) is 34.6 Å². The molecule has 1 aromatic heterocycles. The van der Waals surface area contributed by atoms with Crippen LogP contribution < -0.4 is 15.2 Å². The molecule has 156 valence electrons. The number of ether oxygens (including phenoxy) is 1. The molecule has 1 aliphatic rings. The van der Waals surface area contributed by atoms with Gasteiger partial charge in [-0.2, -0.15) is 0 Å². The molecule has 0 spiro atoms. The number of halogens is 2. The van der Waals surface area contributed by atoms with Gasteiger partial charge in [0.2, 0.25) is 0 Å². The topological polar surface area (TPSA) is 101 Å². The van der Waals surface area contributed by atoms with E-state index in [1.54, 1.807) is 24.3 Å². The van der Waals surface area contributed by atoms with Crippen molar-refractivity contribution in [3.63, 3.8) is 0 Å².